The Kier molecular flexibility index (Phi) is 6.95. The lowest BCUT2D eigenvalue weighted by Gasteiger charge is -2.15. The first-order valence-corrected chi connectivity index (χ1v) is 10.4. The molecule has 0 saturated heterocycles. The maximum Gasteiger partial charge on any atom is 0.262 e. The zero-order chi connectivity index (χ0) is 21.7. The molecular weight excluding hydrogens is 450 g/mol. The average molecular weight is 472 g/mol. The van der Waals surface area contributed by atoms with Crippen LogP contribution in [0.15, 0.2) is 34.8 Å². The van der Waals surface area contributed by atoms with Gasteiger partial charge in [-0.15, -0.1) is 0 Å². The topological polar surface area (TPSA) is 100 Å². The van der Waals surface area contributed by atoms with Crippen LogP contribution in [-0.2, 0) is 9.59 Å². The number of benzene rings is 2. The van der Waals surface area contributed by atoms with E-state index in [4.69, 9.17) is 14.7 Å². The number of anilines is 2. The summed E-state index contributed by atoms with van der Waals surface area (Å²) in [4.78, 5) is 24.4. The van der Waals surface area contributed by atoms with Crippen molar-refractivity contribution in [2.75, 3.05) is 23.8 Å². The van der Waals surface area contributed by atoms with Crippen LogP contribution in [0.4, 0.5) is 11.4 Å². The summed E-state index contributed by atoms with van der Waals surface area (Å²) in [5.41, 5.74) is 2.52. The van der Waals surface area contributed by atoms with Gasteiger partial charge in [0.2, 0.25) is 5.91 Å². The van der Waals surface area contributed by atoms with Gasteiger partial charge in [0.05, 0.1) is 22.7 Å². The molecule has 0 bridgehead atoms. The average Bonchev–Trinajstić information content (AvgIpc) is 3.55. The molecule has 2 aromatic rings. The molecule has 2 aromatic carbocycles. The van der Waals surface area contributed by atoms with Crippen LogP contribution in [0, 0.1) is 24.2 Å². The fraction of sp³-hybridized carbons (Fsp3) is 0.318. The first kappa shape index (κ1) is 21.7. The molecule has 2 N–H and O–H groups in total. The van der Waals surface area contributed by atoms with Gasteiger partial charge in [0.15, 0.2) is 18.1 Å². The molecule has 0 atom stereocenters. The van der Waals surface area contributed by atoms with Crippen molar-refractivity contribution in [3.05, 3.63) is 45.9 Å². The van der Waals surface area contributed by atoms with E-state index in [2.05, 4.69) is 32.6 Å². The number of nitrogens with zero attached hydrogens (tertiary/aromatic N) is 1. The van der Waals surface area contributed by atoms with Crippen molar-refractivity contribution in [3.63, 3.8) is 0 Å². The molecule has 0 unspecified atom stereocenters. The molecule has 1 aliphatic rings. The Hall–Kier alpha value is -3.05. The highest BCUT2D eigenvalue weighted by atomic mass is 79.9. The smallest absolute Gasteiger partial charge is 0.262 e. The van der Waals surface area contributed by atoms with E-state index in [-0.39, 0.29) is 24.3 Å². The summed E-state index contributed by atoms with van der Waals surface area (Å²) >= 11 is 3.36. The van der Waals surface area contributed by atoms with E-state index in [1.807, 2.05) is 26.0 Å². The van der Waals surface area contributed by atoms with Gasteiger partial charge in [0.1, 0.15) is 0 Å². The molecule has 0 aliphatic heterocycles. The SMILES string of the molecule is CCOc1cc(C#N)cc(Br)c1OCC(=O)Nc1cc(NC(=O)C2CC2)ccc1C. The number of carbonyl (C=O) groups is 2. The summed E-state index contributed by atoms with van der Waals surface area (Å²) in [7, 11) is 0. The predicted octanol–water partition coefficient (Wildman–Crippen LogP) is 4.39. The van der Waals surface area contributed by atoms with E-state index < -0.39 is 0 Å². The minimum atomic E-state index is -0.359. The van der Waals surface area contributed by atoms with Crippen LogP contribution in [-0.4, -0.2) is 25.0 Å². The largest absolute Gasteiger partial charge is 0.490 e. The zero-order valence-electron chi connectivity index (χ0n) is 16.8. The Balaban J connectivity index is 1.66. The molecule has 2 amide bonds. The number of halogens is 1. The third kappa shape index (κ3) is 5.51. The fourth-order valence-corrected chi connectivity index (χ4v) is 3.34. The van der Waals surface area contributed by atoms with Crippen LogP contribution in [0.3, 0.4) is 0 Å². The minimum Gasteiger partial charge on any atom is -0.490 e. The molecule has 156 valence electrons. The number of amides is 2. The molecule has 1 saturated carbocycles. The lowest BCUT2D eigenvalue weighted by atomic mass is 10.1. The fourth-order valence-electron chi connectivity index (χ4n) is 2.78. The number of rotatable bonds is 8. The van der Waals surface area contributed by atoms with Gasteiger partial charge < -0.3 is 20.1 Å². The zero-order valence-corrected chi connectivity index (χ0v) is 18.3. The second-order valence-corrected chi connectivity index (χ2v) is 7.81. The molecule has 0 radical (unpaired) electrons. The first-order chi connectivity index (χ1) is 14.4. The Labute approximate surface area is 183 Å². The standard InChI is InChI=1S/C22H22BrN3O4/c1-3-29-19-9-14(11-24)8-17(23)21(19)30-12-20(27)26-18-10-16(7-4-13(18)2)25-22(28)15-5-6-15/h4,7-10,15H,3,5-6,12H2,1-2H3,(H,25,28)(H,26,27). The van der Waals surface area contributed by atoms with E-state index >= 15 is 0 Å². The van der Waals surface area contributed by atoms with Crippen LogP contribution in [0.1, 0.15) is 30.9 Å². The summed E-state index contributed by atoms with van der Waals surface area (Å²) in [6.07, 6.45) is 1.85. The number of hydrogen-bond donors (Lipinski definition) is 2. The Bertz CT molecular complexity index is 1010. The van der Waals surface area contributed by atoms with E-state index in [1.165, 1.54) is 0 Å². The highest BCUT2D eigenvalue weighted by Gasteiger charge is 2.29. The van der Waals surface area contributed by atoms with Crippen LogP contribution >= 0.6 is 15.9 Å². The molecule has 1 fully saturated rings. The maximum absolute atomic E-state index is 12.5. The van der Waals surface area contributed by atoms with Crippen LogP contribution in [0.5, 0.6) is 11.5 Å². The summed E-state index contributed by atoms with van der Waals surface area (Å²) in [5, 5.41) is 14.8. The molecular formula is C22H22BrN3O4. The first-order valence-electron chi connectivity index (χ1n) is 9.62. The Morgan fingerprint density at radius 1 is 1.20 bits per heavy atom. The molecule has 0 heterocycles. The van der Waals surface area contributed by atoms with Crippen molar-refractivity contribution >= 4 is 39.1 Å². The van der Waals surface area contributed by atoms with Gasteiger partial charge in [-0.05, 0) is 66.4 Å². The lowest BCUT2D eigenvalue weighted by Crippen LogP contribution is -2.21. The minimum absolute atomic E-state index is 0.00795. The third-order valence-electron chi connectivity index (χ3n) is 4.51. The lowest BCUT2D eigenvalue weighted by molar-refractivity contribution is -0.118. The number of nitrogens with one attached hydrogen (secondary N) is 2. The summed E-state index contributed by atoms with van der Waals surface area (Å²) in [6.45, 7) is 3.83. The van der Waals surface area contributed by atoms with Crippen molar-refractivity contribution in [2.24, 2.45) is 5.92 Å². The van der Waals surface area contributed by atoms with Crippen molar-refractivity contribution < 1.29 is 19.1 Å². The van der Waals surface area contributed by atoms with Gasteiger partial charge in [0.25, 0.3) is 5.91 Å². The molecule has 30 heavy (non-hydrogen) atoms. The van der Waals surface area contributed by atoms with E-state index in [9.17, 15) is 9.59 Å². The van der Waals surface area contributed by atoms with Crippen molar-refractivity contribution in [2.45, 2.75) is 26.7 Å². The van der Waals surface area contributed by atoms with E-state index in [0.717, 1.165) is 18.4 Å². The predicted molar refractivity (Wildman–Crippen MR) is 117 cm³/mol. The Morgan fingerprint density at radius 3 is 2.63 bits per heavy atom. The van der Waals surface area contributed by atoms with E-state index in [0.29, 0.717) is 39.5 Å². The number of hydrogen-bond acceptors (Lipinski definition) is 5. The summed E-state index contributed by atoms with van der Waals surface area (Å²) in [5.74, 6) is 0.490. The normalized spacial score (nSPS) is 12.6. The van der Waals surface area contributed by atoms with Gasteiger partial charge in [-0.1, -0.05) is 6.07 Å². The van der Waals surface area contributed by atoms with Crippen molar-refractivity contribution in [1.82, 2.24) is 0 Å². The number of ether oxygens (including phenoxy) is 2. The molecule has 7 nitrogen and oxygen atoms in total. The van der Waals surface area contributed by atoms with Gasteiger partial charge in [-0.25, -0.2) is 0 Å². The molecule has 1 aliphatic carbocycles. The quantitative estimate of drug-likeness (QED) is 0.594. The third-order valence-corrected chi connectivity index (χ3v) is 5.10. The van der Waals surface area contributed by atoms with Gasteiger partial charge in [0, 0.05) is 23.4 Å². The number of nitriles is 1. The van der Waals surface area contributed by atoms with Crippen LogP contribution < -0.4 is 20.1 Å². The van der Waals surface area contributed by atoms with Crippen molar-refractivity contribution in [1.29, 1.82) is 5.26 Å². The monoisotopic (exact) mass is 471 g/mol. The molecule has 0 aromatic heterocycles. The van der Waals surface area contributed by atoms with Crippen LogP contribution in [0.25, 0.3) is 0 Å². The molecule has 8 heteroatoms. The van der Waals surface area contributed by atoms with Gasteiger partial charge in [-0.3, -0.25) is 9.59 Å². The number of carbonyl (C=O) groups excluding carboxylic acids is 2. The second-order valence-electron chi connectivity index (χ2n) is 6.96. The highest BCUT2D eigenvalue weighted by Crippen LogP contribution is 2.37. The highest BCUT2D eigenvalue weighted by molar-refractivity contribution is 9.10. The number of aryl methyl sites for hydroxylation is 1. The van der Waals surface area contributed by atoms with E-state index in [1.54, 1.807) is 18.2 Å². The summed E-state index contributed by atoms with van der Waals surface area (Å²) in [6, 6.07) is 10.6. The second kappa shape index (κ2) is 9.63. The van der Waals surface area contributed by atoms with Crippen LogP contribution in [0.2, 0.25) is 0 Å². The van der Waals surface area contributed by atoms with Gasteiger partial charge in [-0.2, -0.15) is 5.26 Å². The summed E-state index contributed by atoms with van der Waals surface area (Å²) < 4.78 is 11.7. The maximum atomic E-state index is 12.5. The van der Waals surface area contributed by atoms with Gasteiger partial charge >= 0.3 is 0 Å². The van der Waals surface area contributed by atoms with Crippen molar-refractivity contribution in [3.8, 4) is 17.6 Å². The molecule has 3 rings (SSSR count). The Morgan fingerprint density at radius 2 is 1.97 bits per heavy atom. The molecule has 0 spiro atoms.